The highest BCUT2D eigenvalue weighted by Crippen LogP contribution is 2.45. The van der Waals surface area contributed by atoms with E-state index in [0.717, 1.165) is 52.4 Å². The zero-order chi connectivity index (χ0) is 20.8. The Balaban J connectivity index is 1.58. The average Bonchev–Trinajstić information content (AvgIpc) is 3.47. The molecule has 3 atom stereocenters. The summed E-state index contributed by atoms with van der Waals surface area (Å²) < 4.78 is 16.9. The normalized spacial score (nSPS) is 25.0. The number of hydrogen-bond acceptors (Lipinski definition) is 6. The number of methoxy groups -OCH3 is 2. The molecule has 1 aliphatic carbocycles. The molecule has 2 fully saturated rings. The zero-order valence-corrected chi connectivity index (χ0v) is 17.1. The Labute approximate surface area is 173 Å². The van der Waals surface area contributed by atoms with Gasteiger partial charge in [-0.25, -0.2) is 5.16 Å². The largest absolute Gasteiger partial charge is 0.381 e. The van der Waals surface area contributed by atoms with Crippen LogP contribution >= 0.6 is 0 Å². The Morgan fingerprint density at radius 3 is 2.80 bits per heavy atom. The number of fused-ring (bicyclic) bond motifs is 3. The lowest BCUT2D eigenvalue weighted by Crippen LogP contribution is -2.39. The van der Waals surface area contributed by atoms with Gasteiger partial charge in [0, 0.05) is 43.7 Å². The van der Waals surface area contributed by atoms with E-state index in [1.165, 1.54) is 0 Å². The minimum atomic E-state index is -0.444. The van der Waals surface area contributed by atoms with Crippen LogP contribution < -0.4 is 5.32 Å². The molecule has 1 saturated carbocycles. The number of aromatic amines is 1. The van der Waals surface area contributed by atoms with Crippen molar-refractivity contribution in [3.05, 3.63) is 29.6 Å². The van der Waals surface area contributed by atoms with Crippen LogP contribution in [0, 0.1) is 5.92 Å². The lowest BCUT2D eigenvalue weighted by atomic mass is 9.88. The van der Waals surface area contributed by atoms with Crippen LogP contribution in [0.25, 0.3) is 21.9 Å². The number of piperidine rings is 1. The molecule has 1 aromatic carbocycles. The number of nitrogens with one attached hydrogen (secondary N) is 2. The highest BCUT2D eigenvalue weighted by molar-refractivity contribution is 6.10. The topological polar surface area (TPSA) is 106 Å². The molecule has 3 heterocycles. The summed E-state index contributed by atoms with van der Waals surface area (Å²) in [5.74, 6) is -0.350. The first-order valence-corrected chi connectivity index (χ1v) is 10.4. The van der Waals surface area contributed by atoms with E-state index in [1.54, 1.807) is 20.4 Å². The first-order chi connectivity index (χ1) is 14.6. The predicted molar refractivity (Wildman–Crippen MR) is 109 cm³/mol. The Bertz CT molecular complexity index is 1110. The van der Waals surface area contributed by atoms with Crippen molar-refractivity contribution in [1.29, 1.82) is 0 Å². The van der Waals surface area contributed by atoms with Crippen LogP contribution in [0.4, 0.5) is 0 Å². The van der Waals surface area contributed by atoms with Crippen molar-refractivity contribution < 1.29 is 23.6 Å². The summed E-state index contributed by atoms with van der Waals surface area (Å²) in [6.07, 6.45) is 5.29. The molecular formula is C22H25N3O5. The van der Waals surface area contributed by atoms with E-state index < -0.39 is 5.92 Å². The van der Waals surface area contributed by atoms with Crippen LogP contribution in [0.5, 0.6) is 0 Å². The number of hydrogen-bond donors (Lipinski definition) is 2. The summed E-state index contributed by atoms with van der Waals surface area (Å²) in [6, 6.07) is 4.05. The monoisotopic (exact) mass is 411 g/mol. The molecule has 2 N–H and O–H groups in total. The maximum atomic E-state index is 12.5. The Hall–Kier alpha value is -2.71. The van der Waals surface area contributed by atoms with Crippen LogP contribution in [0.3, 0.4) is 0 Å². The quantitative estimate of drug-likeness (QED) is 0.493. The summed E-state index contributed by atoms with van der Waals surface area (Å²) in [6.45, 7) is 0. The fourth-order valence-electron chi connectivity index (χ4n) is 5.23. The summed E-state index contributed by atoms with van der Waals surface area (Å²) >= 11 is 0. The van der Waals surface area contributed by atoms with E-state index in [1.807, 2.05) is 6.07 Å². The van der Waals surface area contributed by atoms with E-state index in [9.17, 15) is 9.59 Å². The van der Waals surface area contributed by atoms with Gasteiger partial charge in [-0.15, -0.1) is 0 Å². The second kappa shape index (κ2) is 7.52. The maximum Gasteiger partial charge on any atom is 0.235 e. The van der Waals surface area contributed by atoms with Gasteiger partial charge in [0.25, 0.3) is 0 Å². The van der Waals surface area contributed by atoms with Crippen molar-refractivity contribution in [2.24, 2.45) is 5.92 Å². The second-order valence-electron chi connectivity index (χ2n) is 8.28. The molecule has 2 aliphatic rings. The number of amides is 2. The summed E-state index contributed by atoms with van der Waals surface area (Å²) in [5, 5.41) is 7.30. The van der Waals surface area contributed by atoms with Gasteiger partial charge < -0.3 is 14.0 Å². The fourth-order valence-corrected chi connectivity index (χ4v) is 5.23. The molecule has 1 saturated heterocycles. The van der Waals surface area contributed by atoms with E-state index in [-0.39, 0.29) is 18.1 Å². The molecule has 2 amide bonds. The molecule has 2 unspecified atom stereocenters. The molecule has 5 rings (SSSR count). The summed E-state index contributed by atoms with van der Waals surface area (Å²) in [5.41, 5.74) is 3.47. The van der Waals surface area contributed by atoms with Crippen molar-refractivity contribution in [3.63, 3.8) is 0 Å². The maximum absolute atomic E-state index is 12.5. The second-order valence-corrected chi connectivity index (χ2v) is 8.28. The average molecular weight is 411 g/mol. The van der Waals surface area contributed by atoms with E-state index in [2.05, 4.69) is 21.5 Å². The number of ether oxygens (including phenoxy) is 2. The highest BCUT2D eigenvalue weighted by atomic mass is 16.7. The molecule has 0 bridgehead atoms. The minimum absolute atomic E-state index is 0.214. The lowest BCUT2D eigenvalue weighted by Gasteiger charge is -2.21. The standard InChI is InChI=1S/C22H25N3O5/c1-28-22(29-2)12-4-3-11(9-12)15-10-16-13(7-8-23-16)18-19(25-30-20(15)18)14-5-6-17(26)24-21(14)27/h7-8,10-12,14,22,25H,3-6,9H2,1-2H3,(H,24,26,27)/t11?,12-,14?/m1/s1. The van der Waals surface area contributed by atoms with Crippen molar-refractivity contribution in [1.82, 2.24) is 15.5 Å². The summed E-state index contributed by atoms with van der Waals surface area (Å²) in [7, 11) is 3.35. The third kappa shape index (κ3) is 3.02. The number of nitrogens with zero attached hydrogens (tertiary/aromatic N) is 1. The number of carbonyl (C=O) groups is 2. The first-order valence-electron chi connectivity index (χ1n) is 10.4. The van der Waals surface area contributed by atoms with Crippen LogP contribution in [0.15, 0.2) is 22.9 Å². The molecule has 30 heavy (non-hydrogen) atoms. The van der Waals surface area contributed by atoms with Gasteiger partial charge in [0.2, 0.25) is 11.8 Å². The Morgan fingerprint density at radius 2 is 2.03 bits per heavy atom. The van der Waals surface area contributed by atoms with Gasteiger partial charge in [-0.1, -0.05) is 0 Å². The molecule has 0 spiro atoms. The molecule has 8 nitrogen and oxygen atoms in total. The van der Waals surface area contributed by atoms with Crippen LogP contribution in [0.2, 0.25) is 0 Å². The SMILES string of the molecule is COC(OC)[C@@H]1CCC(c2cc3nccc3c3c(C4CCC(=O)NC4=O)[nH]oc23)C1. The van der Waals surface area contributed by atoms with E-state index >= 15 is 0 Å². The number of H-pyrrole nitrogens is 1. The number of carbonyl (C=O) groups excluding carboxylic acids is 2. The van der Waals surface area contributed by atoms with Gasteiger partial charge in [0.1, 0.15) is 0 Å². The van der Waals surface area contributed by atoms with Crippen molar-refractivity contribution in [3.8, 4) is 0 Å². The zero-order valence-electron chi connectivity index (χ0n) is 17.1. The van der Waals surface area contributed by atoms with Gasteiger partial charge >= 0.3 is 0 Å². The molecule has 8 heteroatoms. The predicted octanol–water partition coefficient (Wildman–Crippen LogP) is 3.33. The van der Waals surface area contributed by atoms with Gasteiger partial charge in [-0.05, 0) is 43.7 Å². The van der Waals surface area contributed by atoms with Gasteiger partial charge in [-0.3, -0.25) is 19.9 Å². The van der Waals surface area contributed by atoms with Crippen LogP contribution in [-0.4, -0.2) is 42.5 Å². The number of imide groups is 1. The third-order valence-electron chi connectivity index (χ3n) is 6.66. The summed E-state index contributed by atoms with van der Waals surface area (Å²) in [4.78, 5) is 28.6. The molecule has 1 aliphatic heterocycles. The van der Waals surface area contributed by atoms with Crippen LogP contribution in [-0.2, 0) is 19.1 Å². The molecular weight excluding hydrogens is 386 g/mol. The Morgan fingerprint density at radius 1 is 1.20 bits per heavy atom. The van der Waals surface area contributed by atoms with Gasteiger partial charge in [-0.2, -0.15) is 0 Å². The lowest BCUT2D eigenvalue weighted by molar-refractivity contribution is -0.135. The van der Waals surface area contributed by atoms with Crippen molar-refractivity contribution in [2.45, 2.75) is 50.2 Å². The fraction of sp³-hybridized carbons (Fsp3) is 0.500. The molecule has 0 radical (unpaired) electrons. The first kappa shape index (κ1) is 19.3. The molecule has 2 aromatic heterocycles. The van der Waals surface area contributed by atoms with E-state index in [4.69, 9.17) is 14.0 Å². The number of benzene rings is 1. The Kier molecular flexibility index (Phi) is 4.83. The number of rotatable bonds is 5. The van der Waals surface area contributed by atoms with Crippen LogP contribution in [0.1, 0.15) is 55.2 Å². The van der Waals surface area contributed by atoms with Gasteiger partial charge in [0.15, 0.2) is 11.9 Å². The molecule has 3 aromatic rings. The molecule has 158 valence electrons. The number of aromatic nitrogens is 2. The minimum Gasteiger partial charge on any atom is -0.381 e. The van der Waals surface area contributed by atoms with Gasteiger partial charge in [0.05, 0.1) is 22.5 Å². The van der Waals surface area contributed by atoms with Crippen molar-refractivity contribution in [2.75, 3.05) is 14.2 Å². The third-order valence-corrected chi connectivity index (χ3v) is 6.66. The van der Waals surface area contributed by atoms with Crippen molar-refractivity contribution >= 4 is 33.7 Å². The highest BCUT2D eigenvalue weighted by Gasteiger charge is 2.36. The van der Waals surface area contributed by atoms with E-state index in [0.29, 0.717) is 24.7 Å². The smallest absolute Gasteiger partial charge is 0.235 e.